The largest absolute Gasteiger partial charge is 0.492 e. The number of nitrogens with zero attached hydrogens (tertiary/aromatic N) is 2. The van der Waals surface area contributed by atoms with Gasteiger partial charge in [0, 0.05) is 18.7 Å². The fraction of sp³-hybridized carbons (Fsp3) is 0.444. The lowest BCUT2D eigenvalue weighted by molar-refractivity contribution is -0.120. The van der Waals surface area contributed by atoms with Gasteiger partial charge in [0.25, 0.3) is 0 Å². The third-order valence-electron chi connectivity index (χ3n) is 3.06. The number of anilines is 1. The van der Waals surface area contributed by atoms with E-state index >= 15 is 0 Å². The van der Waals surface area contributed by atoms with Gasteiger partial charge in [-0.15, -0.1) is 0 Å². The van der Waals surface area contributed by atoms with E-state index in [9.17, 15) is 9.59 Å². The van der Waals surface area contributed by atoms with Crippen LogP contribution in [0, 0.1) is 6.92 Å². The van der Waals surface area contributed by atoms with Crippen LogP contribution in [-0.4, -0.2) is 40.9 Å². The minimum absolute atomic E-state index is 0.0482. The molecule has 1 aromatic heterocycles. The number of nitrogens with one attached hydrogen (secondary N) is 2. The molecule has 0 aliphatic rings. The van der Waals surface area contributed by atoms with Gasteiger partial charge < -0.3 is 19.3 Å². The monoisotopic (exact) mass is 376 g/mol. The van der Waals surface area contributed by atoms with Crippen molar-refractivity contribution in [3.8, 4) is 5.75 Å². The van der Waals surface area contributed by atoms with Crippen LogP contribution in [-0.2, 0) is 16.0 Å². The van der Waals surface area contributed by atoms with E-state index in [-0.39, 0.29) is 18.9 Å². The van der Waals surface area contributed by atoms with Crippen molar-refractivity contribution in [1.82, 2.24) is 15.5 Å². The van der Waals surface area contributed by atoms with E-state index in [1.54, 1.807) is 52.0 Å². The van der Waals surface area contributed by atoms with Gasteiger partial charge in [-0.1, -0.05) is 11.2 Å². The van der Waals surface area contributed by atoms with Crippen LogP contribution in [0.5, 0.6) is 5.75 Å². The molecule has 0 aliphatic heterocycles. The van der Waals surface area contributed by atoms with E-state index in [0.29, 0.717) is 29.7 Å². The van der Waals surface area contributed by atoms with Crippen molar-refractivity contribution in [2.24, 2.45) is 0 Å². The number of carbonyl (C=O) groups is 2. The molecule has 146 valence electrons. The molecule has 0 spiro atoms. The maximum Gasteiger partial charge on any atom is 0.412 e. The van der Waals surface area contributed by atoms with Gasteiger partial charge in [-0.05, 0) is 32.9 Å². The molecule has 1 aromatic carbocycles. The summed E-state index contributed by atoms with van der Waals surface area (Å²) in [6.07, 6.45) is -0.490. The zero-order valence-corrected chi connectivity index (χ0v) is 15.9. The predicted octanol–water partition coefficient (Wildman–Crippen LogP) is 2.46. The Morgan fingerprint density at radius 2 is 2.04 bits per heavy atom. The average Bonchev–Trinajstić information content (AvgIpc) is 2.95. The standard InChI is InChI=1S/C18H24N4O5/c1-12-20-15(22-27-12)11-16(23)19-8-9-25-14-7-5-6-13(10-14)21-17(24)26-18(2,3)4/h5-7,10H,8-9,11H2,1-4H3,(H,19,23)(H,21,24). The molecule has 9 nitrogen and oxygen atoms in total. The first kappa shape index (κ1) is 20.2. The van der Waals surface area contributed by atoms with Gasteiger partial charge in [0.15, 0.2) is 5.82 Å². The molecule has 27 heavy (non-hydrogen) atoms. The Bertz CT molecular complexity index is 782. The number of aryl methyl sites for hydroxylation is 1. The molecular formula is C18H24N4O5. The molecule has 2 rings (SSSR count). The van der Waals surface area contributed by atoms with Crippen molar-refractivity contribution < 1.29 is 23.6 Å². The fourth-order valence-corrected chi connectivity index (χ4v) is 2.06. The highest BCUT2D eigenvalue weighted by Crippen LogP contribution is 2.18. The summed E-state index contributed by atoms with van der Waals surface area (Å²) in [5.74, 6) is 1.10. The maximum atomic E-state index is 11.8. The van der Waals surface area contributed by atoms with Crippen molar-refractivity contribution in [3.05, 3.63) is 36.0 Å². The van der Waals surface area contributed by atoms with Crippen LogP contribution in [0.2, 0.25) is 0 Å². The van der Waals surface area contributed by atoms with Crippen molar-refractivity contribution in [2.75, 3.05) is 18.5 Å². The molecular weight excluding hydrogens is 352 g/mol. The Morgan fingerprint density at radius 3 is 2.70 bits per heavy atom. The predicted molar refractivity (Wildman–Crippen MR) is 97.5 cm³/mol. The summed E-state index contributed by atoms with van der Waals surface area (Å²) in [6, 6.07) is 6.91. The summed E-state index contributed by atoms with van der Waals surface area (Å²) in [5, 5.41) is 9.02. The minimum atomic E-state index is -0.573. The summed E-state index contributed by atoms with van der Waals surface area (Å²) in [6.45, 7) is 7.63. The lowest BCUT2D eigenvalue weighted by Crippen LogP contribution is -2.29. The van der Waals surface area contributed by atoms with Gasteiger partial charge in [0.05, 0.1) is 13.0 Å². The molecule has 2 amide bonds. The SMILES string of the molecule is Cc1nc(CC(=O)NCCOc2cccc(NC(=O)OC(C)(C)C)c2)no1. The molecule has 0 saturated carbocycles. The molecule has 0 bridgehead atoms. The van der Waals surface area contributed by atoms with Crippen LogP contribution < -0.4 is 15.4 Å². The van der Waals surface area contributed by atoms with E-state index in [2.05, 4.69) is 20.8 Å². The van der Waals surface area contributed by atoms with Crippen LogP contribution in [0.1, 0.15) is 32.5 Å². The van der Waals surface area contributed by atoms with E-state index in [1.165, 1.54) is 0 Å². The summed E-state index contributed by atoms with van der Waals surface area (Å²) in [4.78, 5) is 27.5. The number of benzene rings is 1. The summed E-state index contributed by atoms with van der Waals surface area (Å²) < 4.78 is 15.6. The number of aromatic nitrogens is 2. The highest BCUT2D eigenvalue weighted by Gasteiger charge is 2.16. The van der Waals surface area contributed by atoms with Crippen LogP contribution in [0.15, 0.2) is 28.8 Å². The lowest BCUT2D eigenvalue weighted by atomic mass is 10.2. The highest BCUT2D eigenvalue weighted by atomic mass is 16.6. The first-order valence-electron chi connectivity index (χ1n) is 8.50. The van der Waals surface area contributed by atoms with Crippen molar-refractivity contribution in [1.29, 1.82) is 0 Å². The quantitative estimate of drug-likeness (QED) is 0.713. The third kappa shape index (κ3) is 7.76. The van der Waals surface area contributed by atoms with Gasteiger partial charge in [-0.3, -0.25) is 10.1 Å². The zero-order chi connectivity index (χ0) is 19.9. The van der Waals surface area contributed by atoms with Gasteiger partial charge in [-0.25, -0.2) is 4.79 Å². The molecule has 2 N–H and O–H groups in total. The van der Waals surface area contributed by atoms with E-state index in [1.807, 2.05) is 0 Å². The molecule has 0 radical (unpaired) electrons. The second-order valence-electron chi connectivity index (χ2n) is 6.76. The van der Waals surface area contributed by atoms with E-state index < -0.39 is 11.7 Å². The Morgan fingerprint density at radius 1 is 1.26 bits per heavy atom. The number of amides is 2. The molecule has 0 unspecified atom stereocenters. The average molecular weight is 376 g/mol. The summed E-state index contributed by atoms with van der Waals surface area (Å²) in [5.41, 5.74) is -0.0189. The van der Waals surface area contributed by atoms with Crippen LogP contribution >= 0.6 is 0 Å². The van der Waals surface area contributed by atoms with E-state index in [4.69, 9.17) is 14.0 Å². The van der Waals surface area contributed by atoms with Crippen LogP contribution in [0.4, 0.5) is 10.5 Å². The normalized spacial score (nSPS) is 11.0. The van der Waals surface area contributed by atoms with Gasteiger partial charge in [0.2, 0.25) is 11.8 Å². The number of ether oxygens (including phenoxy) is 2. The second-order valence-corrected chi connectivity index (χ2v) is 6.76. The molecule has 2 aromatic rings. The Hall–Kier alpha value is -3.10. The first-order valence-corrected chi connectivity index (χ1v) is 8.50. The third-order valence-corrected chi connectivity index (χ3v) is 3.06. The number of hydrogen-bond donors (Lipinski definition) is 2. The smallest absolute Gasteiger partial charge is 0.412 e. The second kappa shape index (κ2) is 9.02. The zero-order valence-electron chi connectivity index (χ0n) is 15.9. The van der Waals surface area contributed by atoms with Crippen LogP contribution in [0.25, 0.3) is 0 Å². The molecule has 1 heterocycles. The Labute approximate surface area is 157 Å². The van der Waals surface area contributed by atoms with Gasteiger partial charge in [0.1, 0.15) is 18.0 Å². The minimum Gasteiger partial charge on any atom is -0.492 e. The van der Waals surface area contributed by atoms with Crippen LogP contribution in [0.3, 0.4) is 0 Å². The fourth-order valence-electron chi connectivity index (χ4n) is 2.06. The Kier molecular flexibility index (Phi) is 6.75. The van der Waals surface area contributed by atoms with Gasteiger partial charge >= 0.3 is 6.09 Å². The first-order chi connectivity index (χ1) is 12.7. The number of rotatable bonds is 7. The molecule has 0 saturated heterocycles. The van der Waals surface area contributed by atoms with Crippen molar-refractivity contribution >= 4 is 17.7 Å². The topological polar surface area (TPSA) is 116 Å². The molecule has 0 fully saturated rings. The Balaban J connectivity index is 1.73. The highest BCUT2D eigenvalue weighted by molar-refractivity contribution is 5.85. The van der Waals surface area contributed by atoms with Crippen molar-refractivity contribution in [2.45, 2.75) is 39.7 Å². The van der Waals surface area contributed by atoms with Crippen molar-refractivity contribution in [3.63, 3.8) is 0 Å². The maximum absolute atomic E-state index is 11.8. The molecule has 0 atom stereocenters. The summed E-state index contributed by atoms with van der Waals surface area (Å²) in [7, 11) is 0. The van der Waals surface area contributed by atoms with Gasteiger partial charge in [-0.2, -0.15) is 4.98 Å². The lowest BCUT2D eigenvalue weighted by Gasteiger charge is -2.19. The number of hydrogen-bond acceptors (Lipinski definition) is 7. The number of carbonyl (C=O) groups excluding carboxylic acids is 2. The summed E-state index contributed by atoms with van der Waals surface area (Å²) >= 11 is 0. The molecule has 0 aliphatic carbocycles. The molecule has 9 heteroatoms. The van der Waals surface area contributed by atoms with E-state index in [0.717, 1.165) is 0 Å².